The Morgan fingerprint density at radius 2 is 2.00 bits per heavy atom. The highest BCUT2D eigenvalue weighted by atomic mass is 16.3. The summed E-state index contributed by atoms with van der Waals surface area (Å²) in [6.07, 6.45) is 0. The zero-order chi connectivity index (χ0) is 11.4. The molecule has 84 valence electrons. The fourth-order valence-electron chi connectivity index (χ4n) is 1.82. The molecule has 0 saturated carbocycles. The van der Waals surface area contributed by atoms with Crippen molar-refractivity contribution in [3.63, 3.8) is 0 Å². The van der Waals surface area contributed by atoms with Crippen LogP contribution in [0.3, 0.4) is 0 Å². The van der Waals surface area contributed by atoms with Gasteiger partial charge in [0.25, 0.3) is 0 Å². The van der Waals surface area contributed by atoms with Gasteiger partial charge in [0.05, 0.1) is 0 Å². The van der Waals surface area contributed by atoms with Gasteiger partial charge in [-0.15, -0.1) is 0 Å². The van der Waals surface area contributed by atoms with Crippen molar-refractivity contribution < 1.29 is 5.11 Å². The van der Waals surface area contributed by atoms with Crippen LogP contribution < -0.4 is 0 Å². The van der Waals surface area contributed by atoms with Crippen LogP contribution in [0.5, 0.6) is 5.75 Å². The van der Waals surface area contributed by atoms with Crippen LogP contribution in [0.4, 0.5) is 0 Å². The van der Waals surface area contributed by atoms with Gasteiger partial charge in [-0.05, 0) is 26.0 Å². The van der Waals surface area contributed by atoms with E-state index < -0.39 is 0 Å². The van der Waals surface area contributed by atoms with Gasteiger partial charge in [0.2, 0.25) is 0 Å². The lowest BCUT2D eigenvalue weighted by molar-refractivity contribution is 0.284. The Morgan fingerprint density at radius 3 is 2.60 bits per heavy atom. The molecule has 0 atom stereocenters. The summed E-state index contributed by atoms with van der Waals surface area (Å²) in [5.74, 6) is 1.05. The van der Waals surface area contributed by atoms with E-state index in [1.165, 1.54) is 5.56 Å². The Morgan fingerprint density at radius 1 is 1.33 bits per heavy atom. The van der Waals surface area contributed by atoms with E-state index in [1.807, 2.05) is 19.1 Å². The largest absolute Gasteiger partial charge is 0.508 e. The van der Waals surface area contributed by atoms with E-state index in [4.69, 9.17) is 0 Å². The van der Waals surface area contributed by atoms with Crippen molar-refractivity contribution in [1.29, 1.82) is 0 Å². The summed E-state index contributed by atoms with van der Waals surface area (Å²) in [5, 5.41) is 9.69. The van der Waals surface area contributed by atoms with Gasteiger partial charge in [-0.3, -0.25) is 0 Å². The first-order valence-electron chi connectivity index (χ1n) is 5.46. The maximum absolute atomic E-state index is 9.69. The molecule has 0 radical (unpaired) electrons. The lowest BCUT2D eigenvalue weighted by Gasteiger charge is -2.19. The van der Waals surface area contributed by atoms with Gasteiger partial charge >= 0.3 is 0 Å². The normalized spacial score (nSPS) is 11.3. The SMILES string of the molecule is Cc1ccc(O)c(CN(C)CC(C)C)c1. The molecule has 0 bridgehead atoms. The number of aromatic hydroxyl groups is 1. The topological polar surface area (TPSA) is 23.5 Å². The van der Waals surface area contributed by atoms with Crippen LogP contribution >= 0.6 is 0 Å². The number of nitrogens with zero attached hydrogens (tertiary/aromatic N) is 1. The van der Waals surface area contributed by atoms with Crippen molar-refractivity contribution in [3.05, 3.63) is 29.3 Å². The lowest BCUT2D eigenvalue weighted by atomic mass is 10.1. The van der Waals surface area contributed by atoms with E-state index in [-0.39, 0.29) is 0 Å². The minimum atomic E-state index is 0.399. The van der Waals surface area contributed by atoms with Crippen molar-refractivity contribution in [3.8, 4) is 5.75 Å². The number of aryl methyl sites for hydroxylation is 1. The average molecular weight is 207 g/mol. The molecule has 0 amide bonds. The van der Waals surface area contributed by atoms with Gasteiger partial charge in [0, 0.05) is 18.7 Å². The number of phenols is 1. The Balaban J connectivity index is 2.67. The second kappa shape index (κ2) is 5.17. The maximum atomic E-state index is 9.69. The molecule has 1 aromatic carbocycles. The predicted molar refractivity (Wildman–Crippen MR) is 64.0 cm³/mol. The molecular weight excluding hydrogens is 186 g/mol. The van der Waals surface area contributed by atoms with Crippen LogP contribution in [0.1, 0.15) is 25.0 Å². The quantitative estimate of drug-likeness (QED) is 0.820. The fourth-order valence-corrected chi connectivity index (χ4v) is 1.82. The van der Waals surface area contributed by atoms with Gasteiger partial charge in [0.1, 0.15) is 5.75 Å². The Hall–Kier alpha value is -1.02. The third kappa shape index (κ3) is 3.92. The zero-order valence-corrected chi connectivity index (χ0v) is 10.1. The molecule has 2 nitrogen and oxygen atoms in total. The van der Waals surface area contributed by atoms with Gasteiger partial charge in [-0.25, -0.2) is 0 Å². The van der Waals surface area contributed by atoms with Crippen LogP contribution in [0, 0.1) is 12.8 Å². The van der Waals surface area contributed by atoms with E-state index in [0.717, 1.165) is 18.7 Å². The first-order valence-corrected chi connectivity index (χ1v) is 5.46. The van der Waals surface area contributed by atoms with Gasteiger partial charge in [0.15, 0.2) is 0 Å². The molecule has 0 unspecified atom stereocenters. The van der Waals surface area contributed by atoms with Crippen LogP contribution in [-0.4, -0.2) is 23.6 Å². The number of hydrogen-bond donors (Lipinski definition) is 1. The molecule has 1 N–H and O–H groups in total. The smallest absolute Gasteiger partial charge is 0.120 e. The van der Waals surface area contributed by atoms with Crippen molar-refractivity contribution in [2.75, 3.05) is 13.6 Å². The molecule has 0 saturated heterocycles. The summed E-state index contributed by atoms with van der Waals surface area (Å²) in [7, 11) is 2.09. The van der Waals surface area contributed by atoms with Crippen molar-refractivity contribution >= 4 is 0 Å². The van der Waals surface area contributed by atoms with E-state index in [1.54, 1.807) is 6.07 Å². The van der Waals surface area contributed by atoms with Crippen LogP contribution in [0.2, 0.25) is 0 Å². The first-order chi connectivity index (χ1) is 6.99. The first kappa shape index (κ1) is 12.1. The molecule has 15 heavy (non-hydrogen) atoms. The third-order valence-electron chi connectivity index (χ3n) is 2.35. The zero-order valence-electron chi connectivity index (χ0n) is 10.1. The highest BCUT2D eigenvalue weighted by Gasteiger charge is 2.06. The molecule has 0 heterocycles. The lowest BCUT2D eigenvalue weighted by Crippen LogP contribution is -2.22. The fraction of sp³-hybridized carbons (Fsp3) is 0.538. The maximum Gasteiger partial charge on any atom is 0.120 e. The summed E-state index contributed by atoms with van der Waals surface area (Å²) in [5.41, 5.74) is 2.21. The number of benzene rings is 1. The van der Waals surface area contributed by atoms with Gasteiger partial charge in [-0.2, -0.15) is 0 Å². The molecule has 0 spiro atoms. The Bertz CT molecular complexity index is 320. The molecule has 1 rings (SSSR count). The van der Waals surface area contributed by atoms with E-state index >= 15 is 0 Å². The standard InChI is InChI=1S/C13H21NO/c1-10(2)8-14(4)9-12-7-11(3)5-6-13(12)15/h5-7,10,15H,8-9H2,1-4H3. The molecule has 0 aliphatic carbocycles. The predicted octanol–water partition coefficient (Wildman–Crippen LogP) is 2.79. The summed E-state index contributed by atoms with van der Waals surface area (Å²) in [6.45, 7) is 8.31. The molecule has 2 heteroatoms. The monoisotopic (exact) mass is 207 g/mol. The number of hydrogen-bond acceptors (Lipinski definition) is 2. The second-order valence-electron chi connectivity index (χ2n) is 4.72. The number of rotatable bonds is 4. The van der Waals surface area contributed by atoms with E-state index in [2.05, 4.69) is 25.8 Å². The second-order valence-corrected chi connectivity index (χ2v) is 4.72. The molecule has 0 aliphatic rings. The molecule has 1 aromatic rings. The van der Waals surface area contributed by atoms with Gasteiger partial charge < -0.3 is 10.0 Å². The summed E-state index contributed by atoms with van der Waals surface area (Å²) in [6, 6.07) is 5.75. The number of phenolic OH excluding ortho intramolecular Hbond substituents is 1. The minimum Gasteiger partial charge on any atom is -0.508 e. The van der Waals surface area contributed by atoms with Crippen molar-refractivity contribution in [2.24, 2.45) is 5.92 Å². The molecule has 0 aliphatic heterocycles. The summed E-state index contributed by atoms with van der Waals surface area (Å²) >= 11 is 0. The Labute approximate surface area is 92.5 Å². The van der Waals surface area contributed by atoms with E-state index in [9.17, 15) is 5.11 Å². The molecular formula is C13H21NO. The Kier molecular flexibility index (Phi) is 4.15. The highest BCUT2D eigenvalue weighted by Crippen LogP contribution is 2.19. The van der Waals surface area contributed by atoms with Crippen LogP contribution in [0.15, 0.2) is 18.2 Å². The molecule has 0 fully saturated rings. The average Bonchev–Trinajstić information content (AvgIpc) is 2.10. The minimum absolute atomic E-state index is 0.399. The third-order valence-corrected chi connectivity index (χ3v) is 2.35. The molecule has 0 aromatic heterocycles. The van der Waals surface area contributed by atoms with Crippen molar-refractivity contribution in [1.82, 2.24) is 4.90 Å². The summed E-state index contributed by atoms with van der Waals surface area (Å²) < 4.78 is 0. The highest BCUT2D eigenvalue weighted by molar-refractivity contribution is 5.35. The van der Waals surface area contributed by atoms with E-state index in [0.29, 0.717) is 11.7 Å². The van der Waals surface area contributed by atoms with Crippen LogP contribution in [0.25, 0.3) is 0 Å². The van der Waals surface area contributed by atoms with Gasteiger partial charge in [-0.1, -0.05) is 31.5 Å². The summed E-state index contributed by atoms with van der Waals surface area (Å²) in [4.78, 5) is 2.24. The van der Waals surface area contributed by atoms with Crippen LogP contribution in [-0.2, 0) is 6.54 Å². The van der Waals surface area contributed by atoms with Crippen molar-refractivity contribution in [2.45, 2.75) is 27.3 Å².